The molecule has 20 heavy (non-hydrogen) atoms. The van der Waals surface area contributed by atoms with Gasteiger partial charge in [0.25, 0.3) is 0 Å². The Morgan fingerprint density at radius 3 is 2.35 bits per heavy atom. The van der Waals surface area contributed by atoms with Crippen molar-refractivity contribution in [3.05, 3.63) is 35.9 Å². The molecule has 0 heterocycles. The van der Waals surface area contributed by atoms with Crippen LogP contribution >= 0.6 is 0 Å². The zero-order valence-corrected chi connectivity index (χ0v) is 11.7. The van der Waals surface area contributed by atoms with Gasteiger partial charge in [-0.3, -0.25) is 9.59 Å². The van der Waals surface area contributed by atoms with Gasteiger partial charge in [-0.05, 0) is 19.4 Å². The third-order valence-electron chi connectivity index (χ3n) is 2.63. The number of carboxylic acid groups (broad SMARTS) is 1. The van der Waals surface area contributed by atoms with Crippen LogP contribution in [0.5, 0.6) is 0 Å². The van der Waals surface area contributed by atoms with Gasteiger partial charge in [0.2, 0.25) is 0 Å². The van der Waals surface area contributed by atoms with E-state index in [1.165, 1.54) is 0 Å². The summed E-state index contributed by atoms with van der Waals surface area (Å²) in [5.74, 6) is -1.43. The molecule has 0 aliphatic rings. The Labute approximate surface area is 118 Å². The Kier molecular flexibility index (Phi) is 6.73. The number of carbonyl (C=O) groups excluding carboxylic acids is 1. The van der Waals surface area contributed by atoms with E-state index < -0.39 is 18.0 Å². The number of carbonyl (C=O) groups is 2. The second kappa shape index (κ2) is 8.32. The summed E-state index contributed by atoms with van der Waals surface area (Å²) in [5.41, 5.74) is 1.03. The van der Waals surface area contributed by atoms with E-state index >= 15 is 0 Å². The summed E-state index contributed by atoms with van der Waals surface area (Å²) < 4.78 is 10.5. The topological polar surface area (TPSA) is 72.8 Å². The highest BCUT2D eigenvalue weighted by Gasteiger charge is 2.16. The standard InChI is InChI=1S/C15H20O5/c1-11(19-10-13-6-4-3-5-7-13)9-15(18)20-12(2)8-14(16)17/h3-7,11-12H,8-10H2,1-2H3,(H,16,17)/t11-,12+/m1/s1. The average molecular weight is 280 g/mol. The normalized spacial score (nSPS) is 13.5. The Bertz CT molecular complexity index is 429. The lowest BCUT2D eigenvalue weighted by Crippen LogP contribution is -2.22. The first-order valence-corrected chi connectivity index (χ1v) is 6.54. The second-order valence-corrected chi connectivity index (χ2v) is 4.71. The second-order valence-electron chi connectivity index (χ2n) is 4.71. The van der Waals surface area contributed by atoms with Crippen LogP contribution in [-0.4, -0.2) is 29.3 Å². The van der Waals surface area contributed by atoms with Gasteiger partial charge in [0.1, 0.15) is 6.10 Å². The molecule has 0 saturated heterocycles. The van der Waals surface area contributed by atoms with Crippen LogP contribution in [0.1, 0.15) is 32.3 Å². The van der Waals surface area contributed by atoms with Crippen LogP contribution in [0.3, 0.4) is 0 Å². The number of ether oxygens (including phenoxy) is 2. The summed E-state index contributed by atoms with van der Waals surface area (Å²) in [5, 5.41) is 8.57. The largest absolute Gasteiger partial charge is 0.481 e. The zero-order chi connectivity index (χ0) is 15.0. The molecule has 2 atom stereocenters. The maximum Gasteiger partial charge on any atom is 0.308 e. The van der Waals surface area contributed by atoms with Crippen molar-refractivity contribution in [3.8, 4) is 0 Å². The number of benzene rings is 1. The molecular weight excluding hydrogens is 260 g/mol. The van der Waals surface area contributed by atoms with Gasteiger partial charge >= 0.3 is 11.9 Å². The molecule has 5 nitrogen and oxygen atoms in total. The molecule has 0 saturated carbocycles. The van der Waals surface area contributed by atoms with Crippen LogP contribution in [0.4, 0.5) is 0 Å². The highest BCUT2D eigenvalue weighted by molar-refractivity contribution is 5.71. The molecule has 0 radical (unpaired) electrons. The minimum atomic E-state index is -0.987. The maximum absolute atomic E-state index is 11.6. The minimum absolute atomic E-state index is 0.108. The Morgan fingerprint density at radius 1 is 1.10 bits per heavy atom. The molecule has 1 N–H and O–H groups in total. The van der Waals surface area contributed by atoms with Crippen molar-refractivity contribution in [2.45, 2.75) is 45.5 Å². The van der Waals surface area contributed by atoms with Crippen LogP contribution in [0, 0.1) is 0 Å². The lowest BCUT2D eigenvalue weighted by molar-refractivity contribution is -0.154. The quantitative estimate of drug-likeness (QED) is 0.740. The fraction of sp³-hybridized carbons (Fsp3) is 0.467. The van der Waals surface area contributed by atoms with Gasteiger partial charge in [-0.2, -0.15) is 0 Å². The summed E-state index contributed by atoms with van der Waals surface area (Å²) in [7, 11) is 0. The van der Waals surface area contributed by atoms with E-state index in [2.05, 4.69) is 0 Å². The molecule has 0 fully saturated rings. The first kappa shape index (κ1) is 16.2. The summed E-state index contributed by atoms with van der Waals surface area (Å²) in [6.45, 7) is 3.77. The van der Waals surface area contributed by atoms with Gasteiger partial charge in [-0.15, -0.1) is 0 Å². The van der Waals surface area contributed by atoms with Gasteiger partial charge < -0.3 is 14.6 Å². The molecule has 0 spiro atoms. The predicted octanol–water partition coefficient (Wildman–Crippen LogP) is 2.39. The first-order valence-electron chi connectivity index (χ1n) is 6.54. The van der Waals surface area contributed by atoms with E-state index in [0.717, 1.165) is 5.56 Å². The van der Waals surface area contributed by atoms with E-state index in [-0.39, 0.29) is 18.9 Å². The lowest BCUT2D eigenvalue weighted by Gasteiger charge is -2.15. The van der Waals surface area contributed by atoms with E-state index in [4.69, 9.17) is 14.6 Å². The number of carboxylic acids is 1. The molecule has 0 aliphatic heterocycles. The van der Waals surface area contributed by atoms with Gasteiger partial charge in [-0.25, -0.2) is 0 Å². The molecule has 1 aromatic rings. The fourth-order valence-corrected chi connectivity index (χ4v) is 1.67. The minimum Gasteiger partial charge on any atom is -0.481 e. The summed E-state index contributed by atoms with van der Waals surface area (Å²) >= 11 is 0. The molecule has 1 rings (SSSR count). The Hall–Kier alpha value is -1.88. The molecule has 0 aliphatic carbocycles. The fourth-order valence-electron chi connectivity index (χ4n) is 1.67. The van der Waals surface area contributed by atoms with Gasteiger partial charge in [0.05, 0.1) is 25.6 Å². The maximum atomic E-state index is 11.6. The summed E-state index contributed by atoms with van der Waals surface area (Å²) in [6, 6.07) is 9.66. The smallest absolute Gasteiger partial charge is 0.308 e. The Morgan fingerprint density at radius 2 is 1.75 bits per heavy atom. The van der Waals surface area contributed by atoms with E-state index in [1.807, 2.05) is 30.3 Å². The molecule has 5 heteroatoms. The third-order valence-corrected chi connectivity index (χ3v) is 2.63. The number of hydrogen-bond donors (Lipinski definition) is 1. The van der Waals surface area contributed by atoms with Crippen molar-refractivity contribution in [2.75, 3.05) is 0 Å². The molecular formula is C15H20O5. The van der Waals surface area contributed by atoms with E-state index in [1.54, 1.807) is 13.8 Å². The van der Waals surface area contributed by atoms with Crippen molar-refractivity contribution in [2.24, 2.45) is 0 Å². The van der Waals surface area contributed by atoms with Crippen LogP contribution < -0.4 is 0 Å². The summed E-state index contributed by atoms with van der Waals surface area (Å²) in [4.78, 5) is 22.0. The van der Waals surface area contributed by atoms with Crippen molar-refractivity contribution in [3.63, 3.8) is 0 Å². The first-order chi connectivity index (χ1) is 9.47. The third kappa shape index (κ3) is 6.89. The highest BCUT2D eigenvalue weighted by Crippen LogP contribution is 2.08. The van der Waals surface area contributed by atoms with Gasteiger partial charge in [-0.1, -0.05) is 30.3 Å². The van der Waals surface area contributed by atoms with Crippen LogP contribution in [0.2, 0.25) is 0 Å². The van der Waals surface area contributed by atoms with E-state index in [9.17, 15) is 9.59 Å². The number of hydrogen-bond acceptors (Lipinski definition) is 4. The van der Waals surface area contributed by atoms with Crippen molar-refractivity contribution < 1.29 is 24.2 Å². The zero-order valence-electron chi connectivity index (χ0n) is 11.7. The monoisotopic (exact) mass is 280 g/mol. The number of aliphatic carboxylic acids is 1. The van der Waals surface area contributed by atoms with Gasteiger partial charge in [0, 0.05) is 0 Å². The lowest BCUT2D eigenvalue weighted by atomic mass is 10.2. The molecule has 0 unspecified atom stereocenters. The van der Waals surface area contributed by atoms with Crippen molar-refractivity contribution >= 4 is 11.9 Å². The predicted molar refractivity (Wildman–Crippen MR) is 73.1 cm³/mol. The molecule has 1 aromatic carbocycles. The Balaban J connectivity index is 2.26. The number of esters is 1. The van der Waals surface area contributed by atoms with Crippen LogP contribution in [0.15, 0.2) is 30.3 Å². The van der Waals surface area contributed by atoms with Crippen molar-refractivity contribution in [1.29, 1.82) is 0 Å². The van der Waals surface area contributed by atoms with E-state index in [0.29, 0.717) is 6.61 Å². The van der Waals surface area contributed by atoms with Crippen LogP contribution in [-0.2, 0) is 25.7 Å². The molecule has 0 bridgehead atoms. The summed E-state index contributed by atoms with van der Waals surface area (Å²) in [6.07, 6.45) is -0.983. The van der Waals surface area contributed by atoms with Crippen molar-refractivity contribution in [1.82, 2.24) is 0 Å². The number of rotatable bonds is 8. The molecule has 0 aromatic heterocycles. The highest BCUT2D eigenvalue weighted by atomic mass is 16.5. The molecule has 0 amide bonds. The average Bonchev–Trinajstić information content (AvgIpc) is 2.36. The van der Waals surface area contributed by atoms with Crippen LogP contribution in [0.25, 0.3) is 0 Å². The van der Waals surface area contributed by atoms with Gasteiger partial charge in [0.15, 0.2) is 0 Å². The molecule has 110 valence electrons. The SMILES string of the molecule is C[C@H](CC(=O)O[C@@H](C)CC(=O)O)OCc1ccccc1.